The highest BCUT2D eigenvalue weighted by molar-refractivity contribution is 5.91. The number of fused-ring (bicyclic) bond motifs is 2. The van der Waals surface area contributed by atoms with Crippen molar-refractivity contribution in [3.8, 4) is 0 Å². The summed E-state index contributed by atoms with van der Waals surface area (Å²) < 4.78 is 0. The van der Waals surface area contributed by atoms with E-state index in [2.05, 4.69) is 9.97 Å². The van der Waals surface area contributed by atoms with Crippen LogP contribution in [0.4, 0.5) is 5.69 Å². The smallest absolute Gasteiger partial charge is 0.114 e. The molecule has 3 heteroatoms. The molecule has 0 amide bonds. The minimum absolute atomic E-state index is 0.422. The molecular weight excluding hydrogens is 186 g/mol. The summed E-state index contributed by atoms with van der Waals surface area (Å²) in [6, 6.07) is 13.1. The Morgan fingerprint density at radius 3 is 2.20 bits per heavy atom. The van der Waals surface area contributed by atoms with E-state index in [-0.39, 0.29) is 0 Å². The number of hydrogen-bond donors (Lipinski definition) is 0. The summed E-state index contributed by atoms with van der Waals surface area (Å²) in [5, 5.41) is 0. The van der Waals surface area contributed by atoms with Crippen LogP contribution in [0, 0.1) is 0 Å². The van der Waals surface area contributed by atoms with Crippen LogP contribution in [0.3, 0.4) is 0 Å². The van der Waals surface area contributed by atoms with Gasteiger partial charge >= 0.3 is 0 Å². The van der Waals surface area contributed by atoms with Gasteiger partial charge < -0.3 is 0 Å². The third-order valence-electron chi connectivity index (χ3n) is 2.37. The molecule has 1 N–H and O–H groups in total. The topological polar surface area (TPSA) is 49.6 Å². The number of hydrogen-bond acceptors (Lipinski definition) is 2. The van der Waals surface area contributed by atoms with Crippen LogP contribution < -0.4 is 5.73 Å². The molecule has 2 aromatic carbocycles. The molecule has 0 aliphatic heterocycles. The molecule has 0 bridgehead atoms. The number of nitrogens with zero attached hydrogens (tertiary/aromatic N) is 2. The molecule has 71 valence electrons. The normalized spacial score (nSPS) is 10.9. The first-order chi connectivity index (χ1) is 7.34. The first kappa shape index (κ1) is 8.17. The van der Waals surface area contributed by atoms with Crippen molar-refractivity contribution < 1.29 is 0 Å². The maximum Gasteiger partial charge on any atom is 0.114 e. The molecule has 3 rings (SSSR count). The lowest BCUT2D eigenvalue weighted by Gasteiger charge is -2.01. The highest BCUT2D eigenvalue weighted by Gasteiger charge is 2.02. The molecular formula is C12H8N3. The second kappa shape index (κ2) is 2.92. The van der Waals surface area contributed by atoms with Crippen LogP contribution in [0.15, 0.2) is 42.5 Å². The Balaban J connectivity index is 2.53. The average Bonchev–Trinajstić information content (AvgIpc) is 2.27. The van der Waals surface area contributed by atoms with Gasteiger partial charge in [0.05, 0.1) is 22.2 Å². The largest absolute Gasteiger partial charge is 0.299 e. The summed E-state index contributed by atoms with van der Waals surface area (Å²) in [7, 11) is 0. The average molecular weight is 194 g/mol. The third-order valence-corrected chi connectivity index (χ3v) is 2.37. The van der Waals surface area contributed by atoms with Crippen LogP contribution >= 0.6 is 0 Å². The maximum atomic E-state index is 7.74. The van der Waals surface area contributed by atoms with Crippen LogP contribution in [-0.2, 0) is 0 Å². The van der Waals surface area contributed by atoms with E-state index < -0.39 is 0 Å². The molecule has 0 fully saturated rings. The Labute approximate surface area is 86.6 Å². The van der Waals surface area contributed by atoms with E-state index >= 15 is 0 Å². The number of para-hydroxylation sites is 3. The van der Waals surface area contributed by atoms with Crippen molar-refractivity contribution in [1.29, 1.82) is 0 Å². The van der Waals surface area contributed by atoms with E-state index in [1.165, 1.54) is 0 Å². The van der Waals surface area contributed by atoms with Crippen LogP contribution in [0.1, 0.15) is 0 Å². The van der Waals surface area contributed by atoms with Gasteiger partial charge in [0.25, 0.3) is 0 Å². The van der Waals surface area contributed by atoms with Crippen molar-refractivity contribution in [3.63, 3.8) is 0 Å². The first-order valence-corrected chi connectivity index (χ1v) is 4.72. The summed E-state index contributed by atoms with van der Waals surface area (Å²) in [4.78, 5) is 8.88. The lowest BCUT2D eigenvalue weighted by Crippen LogP contribution is -1.87. The van der Waals surface area contributed by atoms with E-state index in [1.807, 2.05) is 36.4 Å². The van der Waals surface area contributed by atoms with Gasteiger partial charge in [-0.2, -0.15) is 0 Å². The molecule has 1 radical (unpaired) electrons. The summed E-state index contributed by atoms with van der Waals surface area (Å²) >= 11 is 0. The zero-order valence-electron chi connectivity index (χ0n) is 7.94. The van der Waals surface area contributed by atoms with Gasteiger partial charge in [0, 0.05) is 0 Å². The molecule has 1 aromatic heterocycles. The fraction of sp³-hybridized carbons (Fsp3) is 0. The van der Waals surface area contributed by atoms with Crippen LogP contribution in [0.5, 0.6) is 0 Å². The molecule has 0 unspecified atom stereocenters. The monoisotopic (exact) mass is 194 g/mol. The summed E-state index contributed by atoms with van der Waals surface area (Å²) in [6.45, 7) is 0. The summed E-state index contributed by atoms with van der Waals surface area (Å²) in [6.07, 6.45) is 0. The highest BCUT2D eigenvalue weighted by Crippen LogP contribution is 2.21. The number of aromatic nitrogens is 2. The van der Waals surface area contributed by atoms with Crippen LogP contribution in [0.25, 0.3) is 22.1 Å². The van der Waals surface area contributed by atoms with Crippen molar-refractivity contribution in [3.05, 3.63) is 42.5 Å². The Bertz CT molecular complexity index is 646. The van der Waals surface area contributed by atoms with Crippen LogP contribution in [-0.4, -0.2) is 9.97 Å². The van der Waals surface area contributed by atoms with Crippen molar-refractivity contribution in [2.75, 3.05) is 0 Å². The second-order valence-electron chi connectivity index (χ2n) is 3.39. The zero-order chi connectivity index (χ0) is 10.3. The Morgan fingerprint density at radius 2 is 1.40 bits per heavy atom. The summed E-state index contributed by atoms with van der Waals surface area (Å²) in [5.74, 6) is 0. The minimum atomic E-state index is 0.422. The Kier molecular flexibility index (Phi) is 1.59. The molecule has 0 atom stereocenters. The third kappa shape index (κ3) is 1.21. The van der Waals surface area contributed by atoms with Crippen molar-refractivity contribution >= 4 is 27.8 Å². The van der Waals surface area contributed by atoms with Gasteiger partial charge in [-0.3, -0.25) is 5.73 Å². The predicted molar refractivity (Wildman–Crippen MR) is 59.8 cm³/mol. The van der Waals surface area contributed by atoms with Gasteiger partial charge in [0.1, 0.15) is 5.52 Å². The fourth-order valence-corrected chi connectivity index (χ4v) is 1.64. The molecule has 1 heterocycles. The molecule has 0 aliphatic rings. The molecule has 15 heavy (non-hydrogen) atoms. The molecule has 0 spiro atoms. The van der Waals surface area contributed by atoms with E-state index in [0.29, 0.717) is 11.2 Å². The minimum Gasteiger partial charge on any atom is -0.299 e. The lowest BCUT2D eigenvalue weighted by molar-refractivity contribution is 1.37. The van der Waals surface area contributed by atoms with Crippen LogP contribution in [0.2, 0.25) is 0 Å². The second-order valence-corrected chi connectivity index (χ2v) is 3.39. The quantitative estimate of drug-likeness (QED) is 0.516. The van der Waals surface area contributed by atoms with Gasteiger partial charge in [-0.1, -0.05) is 18.2 Å². The Hall–Kier alpha value is -2.16. The van der Waals surface area contributed by atoms with Gasteiger partial charge in [0.15, 0.2) is 0 Å². The van der Waals surface area contributed by atoms with E-state index in [4.69, 9.17) is 5.73 Å². The number of rotatable bonds is 0. The standard InChI is InChI=1S/C12H8N3/c13-8-4-3-7-11-12(8)15-10-6-2-1-5-9(10)14-11/h1-7,13H. The SMILES string of the molecule is [NH]c1cccc2nc3ccccc3nc12. The van der Waals surface area contributed by atoms with Crippen molar-refractivity contribution in [2.24, 2.45) is 0 Å². The van der Waals surface area contributed by atoms with Crippen molar-refractivity contribution in [1.82, 2.24) is 15.7 Å². The lowest BCUT2D eigenvalue weighted by atomic mass is 10.2. The molecule has 3 aromatic rings. The van der Waals surface area contributed by atoms with Gasteiger partial charge in [-0.15, -0.1) is 0 Å². The van der Waals surface area contributed by atoms with E-state index in [1.54, 1.807) is 6.07 Å². The van der Waals surface area contributed by atoms with Crippen molar-refractivity contribution in [2.45, 2.75) is 0 Å². The molecule has 3 nitrogen and oxygen atoms in total. The molecule has 0 aliphatic carbocycles. The van der Waals surface area contributed by atoms with Gasteiger partial charge in [-0.25, -0.2) is 9.97 Å². The number of benzene rings is 2. The highest BCUT2D eigenvalue weighted by atomic mass is 14.8. The zero-order valence-corrected chi connectivity index (χ0v) is 7.94. The predicted octanol–water partition coefficient (Wildman–Crippen LogP) is 2.70. The summed E-state index contributed by atoms with van der Waals surface area (Å²) in [5.41, 5.74) is 11.3. The fourth-order valence-electron chi connectivity index (χ4n) is 1.64. The number of nitrogens with one attached hydrogen (secondary N) is 1. The van der Waals surface area contributed by atoms with Gasteiger partial charge in [-0.05, 0) is 24.3 Å². The van der Waals surface area contributed by atoms with E-state index in [9.17, 15) is 0 Å². The van der Waals surface area contributed by atoms with Gasteiger partial charge in [0.2, 0.25) is 0 Å². The Morgan fingerprint density at radius 1 is 0.733 bits per heavy atom. The maximum absolute atomic E-state index is 7.74. The molecule has 0 saturated heterocycles. The first-order valence-electron chi connectivity index (χ1n) is 4.72. The van der Waals surface area contributed by atoms with E-state index in [0.717, 1.165) is 16.6 Å². The molecule has 0 saturated carbocycles.